The third-order valence-electron chi connectivity index (χ3n) is 3.63. The first kappa shape index (κ1) is 14.2. The Kier molecular flexibility index (Phi) is 3.32. The molecule has 3 rings (SSSR count). The van der Waals surface area contributed by atoms with Gasteiger partial charge in [0.25, 0.3) is 0 Å². The lowest BCUT2D eigenvalue weighted by atomic mass is 9.92. The number of hydrogen-bond acceptors (Lipinski definition) is 2. The van der Waals surface area contributed by atoms with Crippen LogP contribution in [-0.4, -0.2) is 22.7 Å². The van der Waals surface area contributed by atoms with Crippen LogP contribution in [-0.2, 0) is 12.6 Å². The highest BCUT2D eigenvalue weighted by Gasteiger charge is 2.41. The Balaban J connectivity index is 2.24. The molecule has 0 amide bonds. The normalized spacial score (nSPS) is 18.6. The number of aromatic nitrogens is 2. The van der Waals surface area contributed by atoms with Crippen LogP contribution in [0.5, 0.6) is 0 Å². The topological polar surface area (TPSA) is 38.0 Å². The summed E-state index contributed by atoms with van der Waals surface area (Å²) in [4.78, 5) is 0. The van der Waals surface area contributed by atoms with Crippen molar-refractivity contribution in [1.29, 1.82) is 0 Å². The van der Waals surface area contributed by atoms with Crippen molar-refractivity contribution in [2.75, 3.05) is 0 Å². The number of fused-ring (bicyclic) bond motifs is 1. The van der Waals surface area contributed by atoms with Crippen molar-refractivity contribution < 1.29 is 18.3 Å². The van der Waals surface area contributed by atoms with Crippen LogP contribution in [0, 0.1) is 0 Å². The molecule has 0 spiro atoms. The van der Waals surface area contributed by atoms with E-state index in [0.29, 0.717) is 24.0 Å². The molecule has 2 aromatic rings. The Hall–Kier alpha value is -1.76. The van der Waals surface area contributed by atoms with Crippen molar-refractivity contribution in [1.82, 2.24) is 9.78 Å². The second-order valence-corrected chi connectivity index (χ2v) is 5.12. The maximum atomic E-state index is 13.1. The highest BCUT2D eigenvalue weighted by molar-refractivity contribution is 6.32. The second kappa shape index (κ2) is 4.91. The Labute approximate surface area is 120 Å². The van der Waals surface area contributed by atoms with E-state index in [9.17, 15) is 18.3 Å². The van der Waals surface area contributed by atoms with Crippen molar-refractivity contribution >= 4 is 13.3 Å². The van der Waals surface area contributed by atoms with E-state index >= 15 is 0 Å². The van der Waals surface area contributed by atoms with E-state index in [-0.39, 0.29) is 17.7 Å². The molecule has 0 bridgehead atoms. The zero-order valence-electron chi connectivity index (χ0n) is 11.1. The molecule has 0 fully saturated rings. The fourth-order valence-corrected chi connectivity index (χ4v) is 2.74. The van der Waals surface area contributed by atoms with Gasteiger partial charge in [0.1, 0.15) is 7.85 Å². The molecule has 0 saturated heterocycles. The Morgan fingerprint density at radius 2 is 2.10 bits per heavy atom. The molecule has 2 radical (unpaired) electrons. The SMILES string of the molecule is [B]c1cccc(-n2nc(C(F)(F)F)c3c2C(O)CCC3)c1. The maximum Gasteiger partial charge on any atom is 0.435 e. The van der Waals surface area contributed by atoms with Gasteiger partial charge in [0.05, 0.1) is 17.5 Å². The average Bonchev–Trinajstić information content (AvgIpc) is 2.79. The third kappa shape index (κ3) is 2.46. The molecule has 7 heteroatoms. The van der Waals surface area contributed by atoms with Crippen molar-refractivity contribution in [3.05, 3.63) is 41.2 Å². The molecule has 1 unspecified atom stereocenters. The fourth-order valence-electron chi connectivity index (χ4n) is 2.74. The molecule has 0 saturated carbocycles. The number of benzene rings is 1. The fraction of sp³-hybridized carbons (Fsp3) is 0.357. The third-order valence-corrected chi connectivity index (χ3v) is 3.63. The zero-order chi connectivity index (χ0) is 15.2. The number of rotatable bonds is 1. The number of alkyl halides is 3. The number of aliphatic hydroxyl groups excluding tert-OH is 1. The van der Waals surface area contributed by atoms with Crippen molar-refractivity contribution in [2.45, 2.75) is 31.5 Å². The molecule has 1 aromatic carbocycles. The summed E-state index contributed by atoms with van der Waals surface area (Å²) in [5.74, 6) is 0. The van der Waals surface area contributed by atoms with Crippen molar-refractivity contribution in [3.63, 3.8) is 0 Å². The standard InChI is InChI=1S/C14H12BF3N2O/c15-8-3-1-4-9(7-8)20-12-10(5-2-6-11(12)21)13(19-20)14(16,17)18/h1,3-4,7,11,21H,2,5-6H2. The van der Waals surface area contributed by atoms with Crippen LogP contribution in [0.3, 0.4) is 0 Å². The second-order valence-electron chi connectivity index (χ2n) is 5.12. The van der Waals surface area contributed by atoms with Crippen LogP contribution >= 0.6 is 0 Å². The maximum absolute atomic E-state index is 13.1. The smallest absolute Gasteiger partial charge is 0.387 e. The van der Waals surface area contributed by atoms with Gasteiger partial charge in [-0.1, -0.05) is 17.6 Å². The lowest BCUT2D eigenvalue weighted by Gasteiger charge is -2.20. The van der Waals surface area contributed by atoms with Crippen LogP contribution in [0.1, 0.15) is 35.9 Å². The van der Waals surface area contributed by atoms with Crippen LogP contribution in [0.2, 0.25) is 0 Å². The number of hydrogen-bond donors (Lipinski definition) is 1. The van der Waals surface area contributed by atoms with Gasteiger partial charge in [-0.3, -0.25) is 0 Å². The van der Waals surface area contributed by atoms with E-state index < -0.39 is 18.0 Å². The van der Waals surface area contributed by atoms with Crippen molar-refractivity contribution in [2.24, 2.45) is 0 Å². The molecule has 1 atom stereocenters. The monoisotopic (exact) mass is 292 g/mol. The summed E-state index contributed by atoms with van der Waals surface area (Å²) >= 11 is 0. The molecule has 108 valence electrons. The first-order valence-corrected chi connectivity index (χ1v) is 6.61. The van der Waals surface area contributed by atoms with Crippen LogP contribution in [0.4, 0.5) is 13.2 Å². The Bertz CT molecular complexity index is 681. The summed E-state index contributed by atoms with van der Waals surface area (Å²) in [6, 6.07) is 6.43. The van der Waals surface area contributed by atoms with Gasteiger partial charge in [0.2, 0.25) is 0 Å². The molecule has 1 aromatic heterocycles. The molecule has 3 nitrogen and oxygen atoms in total. The molecule has 21 heavy (non-hydrogen) atoms. The van der Waals surface area contributed by atoms with Gasteiger partial charge < -0.3 is 5.11 Å². The van der Waals surface area contributed by atoms with Gasteiger partial charge in [-0.05, 0) is 31.4 Å². The quantitative estimate of drug-likeness (QED) is 0.817. The van der Waals surface area contributed by atoms with Crippen LogP contribution in [0.15, 0.2) is 24.3 Å². The summed E-state index contributed by atoms with van der Waals surface area (Å²) < 4.78 is 40.6. The summed E-state index contributed by atoms with van der Waals surface area (Å²) in [6.45, 7) is 0. The molecule has 1 N–H and O–H groups in total. The van der Waals surface area contributed by atoms with E-state index in [0.717, 1.165) is 0 Å². The van der Waals surface area contributed by atoms with Crippen LogP contribution in [0.25, 0.3) is 5.69 Å². The predicted molar refractivity (Wildman–Crippen MR) is 71.9 cm³/mol. The van der Waals surface area contributed by atoms with Gasteiger partial charge >= 0.3 is 6.18 Å². The first-order chi connectivity index (χ1) is 9.88. The van der Waals surface area contributed by atoms with E-state index in [2.05, 4.69) is 5.10 Å². The van der Waals surface area contributed by atoms with Gasteiger partial charge in [-0.25, -0.2) is 4.68 Å². The summed E-state index contributed by atoms with van der Waals surface area (Å²) in [5, 5.41) is 13.8. The molecule has 1 aliphatic carbocycles. The Morgan fingerprint density at radius 1 is 1.33 bits per heavy atom. The number of halogens is 3. The van der Waals surface area contributed by atoms with E-state index in [1.54, 1.807) is 18.2 Å². The Morgan fingerprint density at radius 3 is 2.76 bits per heavy atom. The summed E-state index contributed by atoms with van der Waals surface area (Å²) in [6.07, 6.45) is -4.27. The lowest BCUT2D eigenvalue weighted by Crippen LogP contribution is -2.15. The van der Waals surface area contributed by atoms with Gasteiger partial charge in [0, 0.05) is 5.56 Å². The minimum atomic E-state index is -4.54. The summed E-state index contributed by atoms with van der Waals surface area (Å²) in [5.41, 5.74) is 0.236. The van der Waals surface area contributed by atoms with E-state index in [4.69, 9.17) is 7.85 Å². The minimum Gasteiger partial charge on any atom is -0.387 e. The first-order valence-electron chi connectivity index (χ1n) is 6.61. The zero-order valence-corrected chi connectivity index (χ0v) is 11.1. The van der Waals surface area contributed by atoms with Gasteiger partial charge in [-0.2, -0.15) is 18.3 Å². The lowest BCUT2D eigenvalue weighted by molar-refractivity contribution is -0.142. The van der Waals surface area contributed by atoms with Gasteiger partial charge in [-0.15, -0.1) is 0 Å². The summed E-state index contributed by atoms with van der Waals surface area (Å²) in [7, 11) is 5.67. The largest absolute Gasteiger partial charge is 0.435 e. The average molecular weight is 292 g/mol. The predicted octanol–water partition coefficient (Wildman–Crippen LogP) is 2.05. The molecule has 0 aliphatic heterocycles. The number of nitrogens with zero attached hydrogens (tertiary/aromatic N) is 2. The highest BCUT2D eigenvalue weighted by Crippen LogP contribution is 2.39. The molecule has 1 heterocycles. The van der Waals surface area contributed by atoms with Crippen LogP contribution < -0.4 is 5.46 Å². The number of aliphatic hydroxyl groups is 1. The van der Waals surface area contributed by atoms with Gasteiger partial charge in [0.15, 0.2) is 5.69 Å². The van der Waals surface area contributed by atoms with Crippen molar-refractivity contribution in [3.8, 4) is 5.69 Å². The molecular weight excluding hydrogens is 280 g/mol. The van der Waals surface area contributed by atoms with E-state index in [1.807, 2.05) is 0 Å². The minimum absolute atomic E-state index is 0.0867. The van der Waals surface area contributed by atoms with E-state index in [1.165, 1.54) is 10.7 Å². The molecular formula is C14H12BF3N2O. The molecule has 1 aliphatic rings. The highest BCUT2D eigenvalue weighted by atomic mass is 19.4.